The van der Waals surface area contributed by atoms with Crippen molar-refractivity contribution in [2.45, 2.75) is 10.4 Å². The van der Waals surface area contributed by atoms with E-state index in [9.17, 15) is 13.2 Å². The van der Waals surface area contributed by atoms with Gasteiger partial charge in [0.15, 0.2) is 0 Å². The summed E-state index contributed by atoms with van der Waals surface area (Å²) in [6, 6.07) is 3.81. The van der Waals surface area contributed by atoms with Gasteiger partial charge in [-0.1, -0.05) is 11.6 Å². The first-order chi connectivity index (χ1) is 5.88. The summed E-state index contributed by atoms with van der Waals surface area (Å²) >= 11 is 5.32. The number of rotatable bonds is 1. The molecule has 0 saturated carbocycles. The lowest BCUT2D eigenvalue weighted by atomic mass is 10.3. The zero-order chi connectivity index (χ0) is 10.1. The summed E-state index contributed by atoms with van der Waals surface area (Å²) in [6.45, 7) is 0. The molecule has 0 unspecified atom stereocenters. The van der Waals surface area contributed by atoms with Crippen LogP contribution >= 0.6 is 23.4 Å². The molecule has 1 aromatic rings. The van der Waals surface area contributed by atoms with E-state index >= 15 is 0 Å². The predicted octanol–water partition coefficient (Wildman–Crippen LogP) is 3.53. The van der Waals surface area contributed by atoms with Crippen LogP contribution in [0.1, 0.15) is 0 Å². The fourth-order valence-electron chi connectivity index (χ4n) is 0.719. The van der Waals surface area contributed by atoms with Crippen molar-refractivity contribution in [2.75, 3.05) is 5.73 Å². The molecule has 13 heavy (non-hydrogen) atoms. The van der Waals surface area contributed by atoms with Crippen LogP contribution in [0.25, 0.3) is 0 Å². The highest BCUT2D eigenvalue weighted by Crippen LogP contribution is 2.38. The van der Waals surface area contributed by atoms with Gasteiger partial charge in [0.2, 0.25) is 0 Å². The first-order valence-electron chi connectivity index (χ1n) is 3.19. The van der Waals surface area contributed by atoms with Gasteiger partial charge in [-0.2, -0.15) is 13.2 Å². The number of alkyl halides is 3. The van der Waals surface area contributed by atoms with E-state index in [1.807, 2.05) is 0 Å². The Kier molecular flexibility index (Phi) is 2.98. The van der Waals surface area contributed by atoms with Crippen LogP contribution in [0.2, 0.25) is 5.02 Å². The van der Waals surface area contributed by atoms with Crippen molar-refractivity contribution in [2.24, 2.45) is 0 Å². The monoisotopic (exact) mass is 227 g/mol. The molecule has 1 rings (SSSR count). The van der Waals surface area contributed by atoms with Gasteiger partial charge in [-0.15, -0.1) is 0 Å². The molecule has 0 bridgehead atoms. The van der Waals surface area contributed by atoms with Crippen molar-refractivity contribution in [1.82, 2.24) is 0 Å². The molecule has 0 saturated heterocycles. The average molecular weight is 228 g/mol. The lowest BCUT2D eigenvalue weighted by Crippen LogP contribution is -1.99. The highest BCUT2D eigenvalue weighted by Gasteiger charge is 2.29. The highest BCUT2D eigenvalue weighted by molar-refractivity contribution is 8.00. The molecule has 0 aromatic heterocycles. The van der Waals surface area contributed by atoms with E-state index in [1.54, 1.807) is 0 Å². The maximum Gasteiger partial charge on any atom is 0.446 e. The Bertz CT molecular complexity index is 313. The molecule has 6 heteroatoms. The maximum atomic E-state index is 11.9. The third-order valence-corrected chi connectivity index (χ3v) is 2.27. The van der Waals surface area contributed by atoms with E-state index in [-0.39, 0.29) is 27.4 Å². The normalized spacial score (nSPS) is 11.7. The van der Waals surface area contributed by atoms with Crippen LogP contribution in [0.3, 0.4) is 0 Å². The molecule has 0 amide bonds. The maximum absolute atomic E-state index is 11.9. The van der Waals surface area contributed by atoms with E-state index in [0.717, 1.165) is 0 Å². The average Bonchev–Trinajstić information content (AvgIpc) is 1.94. The number of thioether (sulfide) groups is 1. The number of hydrogen-bond acceptors (Lipinski definition) is 2. The number of hydrogen-bond donors (Lipinski definition) is 1. The second kappa shape index (κ2) is 3.67. The van der Waals surface area contributed by atoms with Gasteiger partial charge >= 0.3 is 5.51 Å². The third-order valence-electron chi connectivity index (χ3n) is 1.20. The summed E-state index contributed by atoms with van der Waals surface area (Å²) in [7, 11) is 0. The van der Waals surface area contributed by atoms with Crippen LogP contribution in [0.5, 0.6) is 0 Å². The molecule has 1 aromatic carbocycles. The minimum absolute atomic E-state index is 0.0365. The SMILES string of the molecule is Nc1cc(SC(F)(F)F)ccc1Cl. The van der Waals surface area contributed by atoms with Crippen LogP contribution < -0.4 is 5.73 Å². The summed E-state index contributed by atoms with van der Waals surface area (Å²) in [5.74, 6) is 0. The van der Waals surface area contributed by atoms with Crippen molar-refractivity contribution in [1.29, 1.82) is 0 Å². The van der Waals surface area contributed by atoms with Gasteiger partial charge in [0.05, 0.1) is 10.7 Å². The molecular formula is C7H5ClF3NS. The number of nitrogen functional groups attached to an aromatic ring is 1. The summed E-state index contributed by atoms with van der Waals surface area (Å²) < 4.78 is 35.6. The van der Waals surface area contributed by atoms with Crippen LogP contribution in [-0.2, 0) is 0 Å². The number of benzene rings is 1. The van der Waals surface area contributed by atoms with Gasteiger partial charge in [0.25, 0.3) is 0 Å². The van der Waals surface area contributed by atoms with Crippen LogP contribution in [0.15, 0.2) is 23.1 Å². The molecule has 1 nitrogen and oxygen atoms in total. The summed E-state index contributed by atoms with van der Waals surface area (Å²) in [5.41, 5.74) is 1.18. The first-order valence-corrected chi connectivity index (χ1v) is 4.39. The fraction of sp³-hybridized carbons (Fsp3) is 0.143. The molecule has 0 radical (unpaired) electrons. The van der Waals surface area contributed by atoms with Gasteiger partial charge in [-0.3, -0.25) is 0 Å². The standard InChI is InChI=1S/C7H5ClF3NS/c8-5-2-1-4(3-6(5)12)13-7(9,10)11/h1-3H,12H2. The predicted molar refractivity (Wildman–Crippen MR) is 47.8 cm³/mol. The fourth-order valence-corrected chi connectivity index (χ4v) is 1.43. The van der Waals surface area contributed by atoms with E-state index in [4.69, 9.17) is 17.3 Å². The number of nitrogens with two attached hydrogens (primary N) is 1. The molecular weight excluding hydrogens is 223 g/mol. The van der Waals surface area contributed by atoms with Crippen molar-refractivity contribution >= 4 is 29.1 Å². The molecule has 0 aliphatic carbocycles. The molecule has 2 N–H and O–H groups in total. The smallest absolute Gasteiger partial charge is 0.397 e. The minimum Gasteiger partial charge on any atom is -0.397 e. The molecule has 0 aliphatic rings. The topological polar surface area (TPSA) is 26.0 Å². The summed E-state index contributed by atoms with van der Waals surface area (Å²) in [6.07, 6.45) is 0. The Balaban J connectivity index is 2.86. The molecule has 0 fully saturated rings. The Morgan fingerprint density at radius 1 is 1.31 bits per heavy atom. The molecule has 0 aliphatic heterocycles. The second-order valence-corrected chi connectivity index (χ2v) is 3.78. The summed E-state index contributed by atoms with van der Waals surface area (Å²) in [4.78, 5) is 0.0365. The lowest BCUT2D eigenvalue weighted by molar-refractivity contribution is -0.0328. The van der Waals surface area contributed by atoms with Crippen LogP contribution in [-0.4, -0.2) is 5.51 Å². The Morgan fingerprint density at radius 3 is 2.38 bits per heavy atom. The Morgan fingerprint density at radius 2 is 1.92 bits per heavy atom. The van der Waals surface area contributed by atoms with E-state index in [0.29, 0.717) is 0 Å². The largest absolute Gasteiger partial charge is 0.446 e. The lowest BCUT2D eigenvalue weighted by Gasteiger charge is -2.06. The number of halogens is 4. The van der Waals surface area contributed by atoms with Gasteiger partial charge in [-0.05, 0) is 30.0 Å². The van der Waals surface area contributed by atoms with Crippen LogP contribution in [0, 0.1) is 0 Å². The van der Waals surface area contributed by atoms with E-state index in [1.165, 1.54) is 18.2 Å². The molecule has 0 atom stereocenters. The first kappa shape index (κ1) is 10.5. The Hall–Kier alpha value is -0.550. The van der Waals surface area contributed by atoms with Gasteiger partial charge in [0, 0.05) is 4.90 Å². The molecule has 0 heterocycles. The minimum atomic E-state index is -4.29. The van der Waals surface area contributed by atoms with Gasteiger partial charge in [-0.25, -0.2) is 0 Å². The highest BCUT2D eigenvalue weighted by atomic mass is 35.5. The van der Waals surface area contributed by atoms with Crippen LogP contribution in [0.4, 0.5) is 18.9 Å². The van der Waals surface area contributed by atoms with Crippen molar-refractivity contribution in [3.8, 4) is 0 Å². The zero-order valence-electron chi connectivity index (χ0n) is 6.23. The third kappa shape index (κ3) is 3.36. The second-order valence-electron chi connectivity index (χ2n) is 2.23. The van der Waals surface area contributed by atoms with E-state index in [2.05, 4.69) is 0 Å². The van der Waals surface area contributed by atoms with E-state index < -0.39 is 5.51 Å². The van der Waals surface area contributed by atoms with Crippen molar-refractivity contribution in [3.05, 3.63) is 23.2 Å². The quantitative estimate of drug-likeness (QED) is 0.587. The number of anilines is 1. The summed E-state index contributed by atoms with van der Waals surface area (Å²) in [5, 5.41) is 0.256. The molecule has 72 valence electrons. The Labute approximate surface area is 82.1 Å². The zero-order valence-corrected chi connectivity index (χ0v) is 7.80. The van der Waals surface area contributed by atoms with Gasteiger partial charge < -0.3 is 5.73 Å². The van der Waals surface area contributed by atoms with Crippen molar-refractivity contribution in [3.63, 3.8) is 0 Å². The molecule has 0 spiro atoms. The van der Waals surface area contributed by atoms with Gasteiger partial charge in [0.1, 0.15) is 0 Å². The van der Waals surface area contributed by atoms with Crippen molar-refractivity contribution < 1.29 is 13.2 Å².